The van der Waals surface area contributed by atoms with Crippen molar-refractivity contribution in [3.63, 3.8) is 0 Å². The van der Waals surface area contributed by atoms with Gasteiger partial charge < -0.3 is 40.3 Å². The average molecular weight is 953 g/mol. The topological polar surface area (TPSA) is 149 Å². The highest BCUT2D eigenvalue weighted by Crippen LogP contribution is 2.23. The van der Waals surface area contributed by atoms with Gasteiger partial charge in [-0.25, -0.2) is 0 Å². The molecule has 0 bridgehead atoms. The van der Waals surface area contributed by atoms with Crippen LogP contribution in [-0.4, -0.2) is 87.5 Å². The minimum Gasteiger partial charge on any atom is -0.394 e. The summed E-state index contributed by atoms with van der Waals surface area (Å²) in [7, 11) is 0. The molecule has 1 saturated heterocycles. The second kappa shape index (κ2) is 48.6. The molecular weight excluding hydrogens is 839 g/mol. The number of aliphatic hydroxyl groups excluding tert-OH is 5. The number of aliphatic hydroxyl groups is 5. The molecule has 0 radical (unpaired) electrons. The maximum Gasteiger partial charge on any atom is 0.220 e. The Bertz CT molecular complexity index is 1060. The fraction of sp³-hybridized carbons (Fsp3) is 0.948. The van der Waals surface area contributed by atoms with Crippen molar-refractivity contribution in [1.29, 1.82) is 0 Å². The van der Waals surface area contributed by atoms with E-state index in [1.165, 1.54) is 238 Å². The fourth-order valence-electron chi connectivity index (χ4n) is 9.69. The molecule has 0 aromatic heterocycles. The minimum atomic E-state index is -1.56. The zero-order valence-corrected chi connectivity index (χ0v) is 44.2. The predicted molar refractivity (Wildman–Crippen MR) is 281 cm³/mol. The molecule has 6 N–H and O–H groups in total. The number of carbonyl (C=O) groups excluding carboxylic acids is 1. The lowest BCUT2D eigenvalue weighted by Gasteiger charge is -2.40. The van der Waals surface area contributed by atoms with Gasteiger partial charge in [-0.05, 0) is 19.3 Å². The number of unbranched alkanes of at least 4 members (excludes halogenated alkanes) is 41. The summed E-state index contributed by atoms with van der Waals surface area (Å²) in [5.74, 6) is -0.172. The van der Waals surface area contributed by atoms with E-state index in [1.54, 1.807) is 6.08 Å². The molecule has 7 atom stereocenters. The quantitative estimate of drug-likeness (QED) is 0.0261. The Morgan fingerprint density at radius 3 is 1.16 bits per heavy atom. The van der Waals surface area contributed by atoms with E-state index in [1.807, 2.05) is 6.08 Å². The fourth-order valence-corrected chi connectivity index (χ4v) is 9.69. The molecule has 9 heteroatoms. The molecule has 1 aliphatic heterocycles. The highest BCUT2D eigenvalue weighted by atomic mass is 16.7. The van der Waals surface area contributed by atoms with Crippen LogP contribution in [0.25, 0.3) is 0 Å². The van der Waals surface area contributed by atoms with E-state index >= 15 is 0 Å². The summed E-state index contributed by atoms with van der Waals surface area (Å²) in [6.45, 7) is 3.81. The lowest BCUT2D eigenvalue weighted by atomic mass is 9.99. The van der Waals surface area contributed by atoms with Crippen molar-refractivity contribution in [2.45, 2.75) is 339 Å². The highest BCUT2D eigenvalue weighted by molar-refractivity contribution is 5.76. The van der Waals surface area contributed by atoms with Crippen LogP contribution in [0.15, 0.2) is 12.2 Å². The van der Waals surface area contributed by atoms with Crippen LogP contribution in [0.2, 0.25) is 0 Å². The van der Waals surface area contributed by atoms with Gasteiger partial charge in [-0.3, -0.25) is 4.79 Å². The van der Waals surface area contributed by atoms with Crippen molar-refractivity contribution in [1.82, 2.24) is 5.32 Å². The number of nitrogens with one attached hydrogen (secondary N) is 1. The van der Waals surface area contributed by atoms with Crippen LogP contribution in [0.1, 0.15) is 296 Å². The van der Waals surface area contributed by atoms with Crippen molar-refractivity contribution in [3.8, 4) is 0 Å². The second-order valence-electron chi connectivity index (χ2n) is 20.8. The van der Waals surface area contributed by atoms with Crippen LogP contribution in [0.4, 0.5) is 0 Å². The van der Waals surface area contributed by atoms with E-state index in [0.717, 1.165) is 38.5 Å². The van der Waals surface area contributed by atoms with Crippen LogP contribution in [0.3, 0.4) is 0 Å². The molecule has 1 aliphatic rings. The standard InChI is InChI=1S/C58H113NO8/c1-3-5-7-9-11-13-15-17-19-20-21-22-23-24-25-26-27-28-29-30-31-32-33-34-35-37-39-41-43-45-47-52(61)51(50-66-58-57(65)56(64)55(63)53(49-60)67-58)59-54(62)48-46-44-42-40-38-36-18-16-14-12-10-8-6-4-2/h45,47,51-53,55-58,60-61,63-65H,3-44,46,48-50H2,1-2H3,(H,59,62)/b47-45+. The first-order valence-electron chi connectivity index (χ1n) is 29.4. The average Bonchev–Trinajstić information content (AvgIpc) is 3.33. The highest BCUT2D eigenvalue weighted by Gasteiger charge is 2.44. The van der Waals surface area contributed by atoms with Gasteiger partial charge in [0.15, 0.2) is 6.29 Å². The molecule has 9 nitrogen and oxygen atoms in total. The van der Waals surface area contributed by atoms with Gasteiger partial charge in [0.2, 0.25) is 5.91 Å². The van der Waals surface area contributed by atoms with Crippen molar-refractivity contribution in [2.75, 3.05) is 13.2 Å². The van der Waals surface area contributed by atoms with E-state index in [2.05, 4.69) is 19.2 Å². The molecule has 1 fully saturated rings. The molecule has 1 amide bonds. The van der Waals surface area contributed by atoms with Gasteiger partial charge in [-0.2, -0.15) is 0 Å². The summed E-state index contributed by atoms with van der Waals surface area (Å²) in [6, 6.07) is -0.800. The monoisotopic (exact) mass is 952 g/mol. The van der Waals surface area contributed by atoms with E-state index in [-0.39, 0.29) is 12.5 Å². The number of hydrogen-bond donors (Lipinski definition) is 6. The van der Waals surface area contributed by atoms with E-state index in [9.17, 15) is 30.3 Å². The van der Waals surface area contributed by atoms with E-state index in [4.69, 9.17) is 9.47 Å². The van der Waals surface area contributed by atoms with Gasteiger partial charge in [0.05, 0.1) is 25.4 Å². The molecule has 0 spiro atoms. The Hall–Kier alpha value is -1.07. The van der Waals surface area contributed by atoms with E-state index < -0.39 is 49.5 Å². The molecule has 0 aromatic carbocycles. The molecule has 0 aliphatic carbocycles. The maximum atomic E-state index is 13.0. The van der Waals surface area contributed by atoms with Gasteiger partial charge in [0, 0.05) is 6.42 Å². The first-order valence-corrected chi connectivity index (χ1v) is 29.4. The van der Waals surface area contributed by atoms with Gasteiger partial charge in [-0.1, -0.05) is 283 Å². The van der Waals surface area contributed by atoms with E-state index in [0.29, 0.717) is 6.42 Å². The van der Waals surface area contributed by atoms with Crippen LogP contribution in [0.5, 0.6) is 0 Å². The van der Waals surface area contributed by atoms with Gasteiger partial charge in [0.1, 0.15) is 24.4 Å². The first-order chi connectivity index (χ1) is 32.8. The molecule has 398 valence electrons. The summed E-state index contributed by atoms with van der Waals surface area (Å²) in [4.78, 5) is 13.0. The molecular formula is C58H113NO8. The number of rotatable bonds is 51. The van der Waals surface area contributed by atoms with Crippen LogP contribution < -0.4 is 5.32 Å². The van der Waals surface area contributed by atoms with Crippen molar-refractivity contribution < 1.29 is 39.8 Å². The summed E-state index contributed by atoms with van der Waals surface area (Å²) in [6.07, 6.45) is 52.9. The zero-order valence-electron chi connectivity index (χ0n) is 44.2. The Morgan fingerprint density at radius 2 is 0.821 bits per heavy atom. The number of hydrogen-bond acceptors (Lipinski definition) is 8. The van der Waals surface area contributed by atoms with Gasteiger partial charge in [-0.15, -0.1) is 0 Å². The summed E-state index contributed by atoms with van der Waals surface area (Å²) >= 11 is 0. The molecule has 1 heterocycles. The summed E-state index contributed by atoms with van der Waals surface area (Å²) < 4.78 is 11.3. The van der Waals surface area contributed by atoms with Crippen LogP contribution >= 0.6 is 0 Å². The van der Waals surface area contributed by atoms with Gasteiger partial charge in [0.25, 0.3) is 0 Å². The Labute approximate surface area is 414 Å². The lowest BCUT2D eigenvalue weighted by Crippen LogP contribution is -2.60. The first kappa shape index (κ1) is 63.9. The predicted octanol–water partition coefficient (Wildman–Crippen LogP) is 14.4. The second-order valence-corrected chi connectivity index (χ2v) is 20.8. The summed E-state index contributed by atoms with van der Waals surface area (Å²) in [5.41, 5.74) is 0. The lowest BCUT2D eigenvalue weighted by molar-refractivity contribution is -0.302. The largest absolute Gasteiger partial charge is 0.394 e. The minimum absolute atomic E-state index is 0.172. The Kier molecular flexibility index (Phi) is 46.3. The third-order valence-electron chi connectivity index (χ3n) is 14.4. The molecule has 0 aromatic rings. The van der Waals surface area contributed by atoms with Gasteiger partial charge >= 0.3 is 0 Å². The molecule has 1 rings (SSSR count). The smallest absolute Gasteiger partial charge is 0.220 e. The number of allylic oxidation sites excluding steroid dienone is 1. The zero-order chi connectivity index (χ0) is 48.7. The third-order valence-corrected chi connectivity index (χ3v) is 14.4. The molecule has 67 heavy (non-hydrogen) atoms. The van der Waals surface area contributed by atoms with Crippen LogP contribution in [-0.2, 0) is 14.3 Å². The van der Waals surface area contributed by atoms with Crippen LogP contribution in [0, 0.1) is 0 Å². The summed E-state index contributed by atoms with van der Waals surface area (Å²) in [5, 5.41) is 54.5. The number of ether oxygens (including phenoxy) is 2. The number of amides is 1. The SMILES string of the molecule is CCCCCCCCCCCCCCCCCCCCCCCCCCCCCC/C=C/C(O)C(COC1OC(CO)C(O)C(O)C1O)NC(=O)CCCCCCCCCCCCCCCC. The Morgan fingerprint density at radius 1 is 0.493 bits per heavy atom. The molecule has 0 saturated carbocycles. The normalized spacial score (nSPS) is 19.7. The Balaban J connectivity index is 2.15. The maximum absolute atomic E-state index is 13.0. The molecule has 7 unspecified atom stereocenters. The van der Waals surface area contributed by atoms with Crippen molar-refractivity contribution in [2.24, 2.45) is 0 Å². The van der Waals surface area contributed by atoms with Crippen molar-refractivity contribution >= 4 is 5.91 Å². The third kappa shape index (κ3) is 38.3. The van der Waals surface area contributed by atoms with Crippen molar-refractivity contribution in [3.05, 3.63) is 12.2 Å². The number of carbonyl (C=O) groups is 1.